The first kappa shape index (κ1) is 24.2. The van der Waals surface area contributed by atoms with Gasteiger partial charge in [0.2, 0.25) is 17.7 Å². The van der Waals surface area contributed by atoms with Crippen LogP contribution in [0, 0.1) is 33.6 Å². The molecule has 1 saturated heterocycles. The van der Waals surface area contributed by atoms with Gasteiger partial charge in [-0.3, -0.25) is 14.2 Å². The molecule has 0 radical (unpaired) electrons. The largest absolute Gasteiger partial charge is 0.438 e. The van der Waals surface area contributed by atoms with E-state index in [0.29, 0.717) is 29.7 Å². The Morgan fingerprint density at radius 2 is 1.76 bits per heavy atom. The molecular weight excluding hydrogens is 468 g/mol. The number of nitrogens with one attached hydrogen (secondary N) is 1. The molecular formula is C28H28N6O3. The van der Waals surface area contributed by atoms with Crippen LogP contribution in [0.1, 0.15) is 28.9 Å². The second-order valence-electron chi connectivity index (χ2n) is 9.30. The maximum absolute atomic E-state index is 12.9. The summed E-state index contributed by atoms with van der Waals surface area (Å²) in [5, 5.41) is 11.3. The third-order valence-corrected chi connectivity index (χ3v) is 6.77. The molecule has 0 aliphatic carbocycles. The van der Waals surface area contributed by atoms with Crippen LogP contribution in [-0.4, -0.2) is 38.1 Å². The highest BCUT2D eigenvalue weighted by molar-refractivity contribution is 6.03. The molecule has 5 rings (SSSR count). The minimum atomic E-state index is -0.415. The molecule has 1 aliphatic rings. The number of imidazole rings is 1. The van der Waals surface area contributed by atoms with Crippen LogP contribution in [0.3, 0.4) is 0 Å². The van der Waals surface area contributed by atoms with Gasteiger partial charge in [-0.05, 0) is 81.3 Å². The Morgan fingerprint density at radius 3 is 2.41 bits per heavy atom. The van der Waals surface area contributed by atoms with Crippen molar-refractivity contribution in [1.82, 2.24) is 19.7 Å². The summed E-state index contributed by atoms with van der Waals surface area (Å²) in [4.78, 5) is 31.4. The monoisotopic (exact) mass is 496 g/mol. The molecule has 0 bridgehead atoms. The highest BCUT2D eigenvalue weighted by atomic mass is 16.5. The highest BCUT2D eigenvalue weighted by Crippen LogP contribution is 2.28. The van der Waals surface area contributed by atoms with E-state index < -0.39 is 5.92 Å². The SMILES string of the molecule is Cc1ccc(N2CC(C(=O)Nc3ccc(Oc4ccc(-n5cnc(C)c5C)nn4)cc3)CC2=O)cc1C. The van der Waals surface area contributed by atoms with Gasteiger partial charge in [-0.15, -0.1) is 10.2 Å². The third-order valence-electron chi connectivity index (χ3n) is 6.77. The molecule has 1 atom stereocenters. The summed E-state index contributed by atoms with van der Waals surface area (Å²) in [7, 11) is 0. The zero-order valence-corrected chi connectivity index (χ0v) is 21.2. The first-order chi connectivity index (χ1) is 17.8. The standard InChI is InChI=1S/C28H28N6O3/c1-17-5-8-23(13-18(17)2)33-15-21(14-27(33)35)28(36)30-22-6-9-24(10-7-22)37-26-12-11-25(31-32-26)34-16-29-19(3)20(34)4/h5-13,16,21H,14-15H2,1-4H3,(H,30,36). The van der Waals surface area contributed by atoms with Gasteiger partial charge in [-0.2, -0.15) is 0 Å². The lowest BCUT2D eigenvalue weighted by Gasteiger charge is -2.18. The van der Waals surface area contributed by atoms with Crippen LogP contribution >= 0.6 is 0 Å². The van der Waals surface area contributed by atoms with E-state index in [1.165, 1.54) is 5.56 Å². The van der Waals surface area contributed by atoms with Crippen molar-refractivity contribution < 1.29 is 14.3 Å². The van der Waals surface area contributed by atoms with E-state index in [1.807, 2.05) is 56.5 Å². The van der Waals surface area contributed by atoms with Crippen molar-refractivity contribution in [2.24, 2.45) is 5.92 Å². The lowest BCUT2D eigenvalue weighted by molar-refractivity contribution is -0.122. The number of amides is 2. The van der Waals surface area contributed by atoms with Gasteiger partial charge in [0.1, 0.15) is 12.1 Å². The number of hydrogen-bond acceptors (Lipinski definition) is 6. The Balaban J connectivity index is 1.18. The zero-order valence-electron chi connectivity index (χ0n) is 21.2. The number of hydrogen-bond donors (Lipinski definition) is 1. The number of benzene rings is 2. The first-order valence-corrected chi connectivity index (χ1v) is 12.1. The molecule has 188 valence electrons. The molecule has 2 aromatic heterocycles. The van der Waals surface area contributed by atoms with Crippen LogP contribution in [0.15, 0.2) is 60.9 Å². The summed E-state index contributed by atoms with van der Waals surface area (Å²) in [6.07, 6.45) is 1.90. The Labute approximate surface area is 215 Å². The normalized spacial score (nSPS) is 15.2. The number of aryl methyl sites for hydroxylation is 3. The molecule has 3 heterocycles. The van der Waals surface area contributed by atoms with E-state index in [2.05, 4.69) is 20.5 Å². The summed E-state index contributed by atoms with van der Waals surface area (Å²) < 4.78 is 7.66. The van der Waals surface area contributed by atoms with Crippen molar-refractivity contribution in [2.45, 2.75) is 34.1 Å². The summed E-state index contributed by atoms with van der Waals surface area (Å²) in [6.45, 7) is 8.32. The molecule has 9 nitrogen and oxygen atoms in total. The molecule has 1 unspecified atom stereocenters. The topological polar surface area (TPSA) is 102 Å². The average Bonchev–Trinajstić information content (AvgIpc) is 3.44. The number of carbonyl (C=O) groups excluding carboxylic acids is 2. The van der Waals surface area contributed by atoms with Gasteiger partial charge < -0.3 is 15.0 Å². The Morgan fingerprint density at radius 1 is 0.973 bits per heavy atom. The summed E-state index contributed by atoms with van der Waals surface area (Å²) in [6, 6.07) is 16.5. The van der Waals surface area contributed by atoms with E-state index in [0.717, 1.165) is 22.6 Å². The van der Waals surface area contributed by atoms with Gasteiger partial charge in [-0.1, -0.05) is 6.07 Å². The fraction of sp³-hybridized carbons (Fsp3) is 0.250. The lowest BCUT2D eigenvalue weighted by Crippen LogP contribution is -2.28. The predicted molar refractivity (Wildman–Crippen MR) is 140 cm³/mol. The fourth-order valence-electron chi connectivity index (χ4n) is 4.22. The molecule has 9 heteroatoms. The molecule has 37 heavy (non-hydrogen) atoms. The third kappa shape index (κ3) is 5.06. The lowest BCUT2D eigenvalue weighted by atomic mass is 10.1. The van der Waals surface area contributed by atoms with Gasteiger partial charge in [0, 0.05) is 36.1 Å². The number of aromatic nitrogens is 4. The van der Waals surface area contributed by atoms with E-state index in [1.54, 1.807) is 41.6 Å². The minimum Gasteiger partial charge on any atom is -0.438 e. The van der Waals surface area contributed by atoms with Crippen LogP contribution in [0.4, 0.5) is 11.4 Å². The number of ether oxygens (including phenoxy) is 1. The summed E-state index contributed by atoms with van der Waals surface area (Å²) >= 11 is 0. The zero-order chi connectivity index (χ0) is 26.1. The highest BCUT2D eigenvalue weighted by Gasteiger charge is 2.35. The van der Waals surface area contributed by atoms with Gasteiger partial charge in [0.15, 0.2) is 5.82 Å². The molecule has 1 N–H and O–H groups in total. The first-order valence-electron chi connectivity index (χ1n) is 12.1. The van der Waals surface area contributed by atoms with Crippen LogP contribution in [0.5, 0.6) is 11.6 Å². The molecule has 4 aromatic rings. The van der Waals surface area contributed by atoms with Crippen molar-refractivity contribution in [1.29, 1.82) is 0 Å². The Hall–Kier alpha value is -4.53. The summed E-state index contributed by atoms with van der Waals surface area (Å²) in [5.41, 5.74) is 5.68. The molecule has 0 spiro atoms. The second-order valence-corrected chi connectivity index (χ2v) is 9.30. The number of rotatable bonds is 6. The van der Waals surface area contributed by atoms with Crippen molar-refractivity contribution >= 4 is 23.2 Å². The van der Waals surface area contributed by atoms with E-state index in [-0.39, 0.29) is 18.2 Å². The van der Waals surface area contributed by atoms with Crippen molar-refractivity contribution in [3.63, 3.8) is 0 Å². The molecule has 2 amide bonds. The van der Waals surface area contributed by atoms with E-state index >= 15 is 0 Å². The minimum absolute atomic E-state index is 0.0439. The van der Waals surface area contributed by atoms with Gasteiger partial charge in [0.05, 0.1) is 11.6 Å². The van der Waals surface area contributed by atoms with Crippen molar-refractivity contribution in [2.75, 3.05) is 16.8 Å². The van der Waals surface area contributed by atoms with Gasteiger partial charge in [-0.25, -0.2) is 4.98 Å². The van der Waals surface area contributed by atoms with Crippen molar-refractivity contribution in [3.05, 3.63) is 83.4 Å². The van der Waals surface area contributed by atoms with Gasteiger partial charge in [0.25, 0.3) is 0 Å². The second kappa shape index (κ2) is 9.85. The van der Waals surface area contributed by atoms with E-state index in [4.69, 9.17) is 4.74 Å². The fourth-order valence-corrected chi connectivity index (χ4v) is 4.22. The summed E-state index contributed by atoms with van der Waals surface area (Å²) in [5.74, 6) is 0.932. The maximum Gasteiger partial charge on any atom is 0.238 e. The van der Waals surface area contributed by atoms with Crippen LogP contribution in [0.25, 0.3) is 5.82 Å². The maximum atomic E-state index is 12.9. The number of carbonyl (C=O) groups is 2. The van der Waals surface area contributed by atoms with Crippen LogP contribution in [-0.2, 0) is 9.59 Å². The molecule has 1 fully saturated rings. The van der Waals surface area contributed by atoms with Crippen molar-refractivity contribution in [3.8, 4) is 17.4 Å². The Kier molecular flexibility index (Phi) is 6.43. The number of anilines is 2. The molecule has 1 aliphatic heterocycles. The quantitative estimate of drug-likeness (QED) is 0.416. The smallest absolute Gasteiger partial charge is 0.238 e. The van der Waals surface area contributed by atoms with E-state index in [9.17, 15) is 9.59 Å². The van der Waals surface area contributed by atoms with Crippen LogP contribution < -0.4 is 15.0 Å². The molecule has 0 saturated carbocycles. The Bertz CT molecular complexity index is 1460. The van der Waals surface area contributed by atoms with Crippen LogP contribution in [0.2, 0.25) is 0 Å². The average molecular weight is 497 g/mol. The number of nitrogens with zero attached hydrogens (tertiary/aromatic N) is 5. The van der Waals surface area contributed by atoms with Gasteiger partial charge >= 0.3 is 0 Å². The molecule has 2 aromatic carbocycles. The predicted octanol–water partition coefficient (Wildman–Crippen LogP) is 4.68.